The first kappa shape index (κ1) is 20.4. The number of rotatable bonds is 8. The fourth-order valence-electron chi connectivity index (χ4n) is 3.40. The van der Waals surface area contributed by atoms with Crippen LogP contribution in [0.1, 0.15) is 34.8 Å². The minimum atomic E-state index is -0.797. The summed E-state index contributed by atoms with van der Waals surface area (Å²) in [5.74, 6) is -0.728. The predicted octanol–water partition coefficient (Wildman–Crippen LogP) is 4.43. The zero-order valence-corrected chi connectivity index (χ0v) is 16.6. The van der Waals surface area contributed by atoms with E-state index in [4.69, 9.17) is 4.74 Å². The lowest BCUT2D eigenvalue weighted by Gasteiger charge is -2.14. The van der Waals surface area contributed by atoms with Crippen molar-refractivity contribution < 1.29 is 19.4 Å². The van der Waals surface area contributed by atoms with Gasteiger partial charge in [-0.2, -0.15) is 0 Å². The van der Waals surface area contributed by atoms with Gasteiger partial charge in [0, 0.05) is 17.7 Å². The number of methoxy groups -OCH3 is 1. The van der Waals surface area contributed by atoms with E-state index in [0.29, 0.717) is 30.7 Å². The van der Waals surface area contributed by atoms with Gasteiger partial charge in [0.25, 0.3) is 5.91 Å². The Morgan fingerprint density at radius 1 is 1.03 bits per heavy atom. The summed E-state index contributed by atoms with van der Waals surface area (Å²) in [7, 11) is 1.58. The fourth-order valence-corrected chi connectivity index (χ4v) is 3.40. The number of carbonyl (C=O) groups is 2. The molecule has 0 aliphatic heterocycles. The van der Waals surface area contributed by atoms with Crippen molar-refractivity contribution in [1.29, 1.82) is 0 Å². The van der Waals surface area contributed by atoms with E-state index in [1.54, 1.807) is 7.11 Å². The van der Waals surface area contributed by atoms with Crippen molar-refractivity contribution in [2.45, 2.75) is 26.3 Å². The van der Waals surface area contributed by atoms with Gasteiger partial charge >= 0.3 is 5.97 Å². The van der Waals surface area contributed by atoms with Crippen molar-refractivity contribution in [1.82, 2.24) is 5.32 Å². The molecule has 1 atom stereocenters. The van der Waals surface area contributed by atoms with E-state index in [1.165, 1.54) is 0 Å². The van der Waals surface area contributed by atoms with E-state index in [0.717, 1.165) is 21.9 Å². The van der Waals surface area contributed by atoms with Crippen molar-refractivity contribution in [3.05, 3.63) is 77.4 Å². The number of carbonyl (C=O) groups excluding carboxylic acids is 1. The Bertz CT molecular complexity index is 1030. The standard InChI is InChI=1S/C24H25NO4/c1-3-17(24(27)28)12-16-8-11-22(29-2)21(13-16)15-25-23(26)20-10-9-18-6-4-5-7-19(18)14-20/h4-11,13-14,17H,3,12,15H2,1-2H3,(H,25,26)(H,27,28). The van der Waals surface area contributed by atoms with Gasteiger partial charge in [0.05, 0.1) is 13.0 Å². The van der Waals surface area contributed by atoms with Gasteiger partial charge in [-0.3, -0.25) is 9.59 Å². The normalized spacial score (nSPS) is 11.8. The average Bonchev–Trinajstić information content (AvgIpc) is 2.75. The molecule has 3 aromatic rings. The van der Waals surface area contributed by atoms with Crippen LogP contribution < -0.4 is 10.1 Å². The van der Waals surface area contributed by atoms with Crippen LogP contribution in [0.4, 0.5) is 0 Å². The molecule has 3 aromatic carbocycles. The number of ether oxygens (including phenoxy) is 1. The Balaban J connectivity index is 1.74. The maximum absolute atomic E-state index is 12.6. The fraction of sp³-hybridized carbons (Fsp3) is 0.250. The lowest BCUT2D eigenvalue weighted by Crippen LogP contribution is -2.23. The summed E-state index contributed by atoms with van der Waals surface area (Å²) in [5, 5.41) is 14.3. The van der Waals surface area contributed by atoms with E-state index < -0.39 is 11.9 Å². The molecule has 1 unspecified atom stereocenters. The zero-order valence-electron chi connectivity index (χ0n) is 16.6. The van der Waals surface area contributed by atoms with Gasteiger partial charge in [-0.25, -0.2) is 0 Å². The summed E-state index contributed by atoms with van der Waals surface area (Å²) < 4.78 is 5.41. The van der Waals surface area contributed by atoms with Crippen LogP contribution in [0.3, 0.4) is 0 Å². The molecule has 0 fully saturated rings. The molecule has 2 N–H and O–H groups in total. The first-order chi connectivity index (χ1) is 14.0. The lowest BCUT2D eigenvalue weighted by molar-refractivity contribution is -0.141. The molecule has 5 heteroatoms. The van der Waals surface area contributed by atoms with Crippen molar-refractivity contribution in [3.63, 3.8) is 0 Å². The van der Waals surface area contributed by atoms with Gasteiger partial charge in [0.1, 0.15) is 5.75 Å². The molecule has 0 bridgehead atoms. The molecule has 29 heavy (non-hydrogen) atoms. The van der Waals surface area contributed by atoms with Crippen LogP contribution >= 0.6 is 0 Å². The Labute approximate surface area is 170 Å². The number of benzene rings is 3. The Morgan fingerprint density at radius 2 is 1.79 bits per heavy atom. The number of carboxylic acids is 1. The van der Waals surface area contributed by atoms with Crippen LogP contribution in [0.25, 0.3) is 10.8 Å². The highest BCUT2D eigenvalue weighted by Crippen LogP contribution is 2.23. The molecule has 150 valence electrons. The number of amides is 1. The van der Waals surface area contributed by atoms with E-state index in [-0.39, 0.29) is 5.91 Å². The summed E-state index contributed by atoms with van der Waals surface area (Å²) in [6, 6.07) is 19.1. The van der Waals surface area contributed by atoms with E-state index >= 15 is 0 Å². The molecule has 0 aliphatic carbocycles. The zero-order chi connectivity index (χ0) is 20.8. The molecule has 3 rings (SSSR count). The third-order valence-electron chi connectivity index (χ3n) is 5.12. The Hall–Kier alpha value is -3.34. The number of carboxylic acid groups (broad SMARTS) is 1. The van der Waals surface area contributed by atoms with Crippen LogP contribution in [0.15, 0.2) is 60.7 Å². The Kier molecular flexibility index (Phi) is 6.50. The van der Waals surface area contributed by atoms with Gasteiger partial charge in [0.2, 0.25) is 0 Å². The van der Waals surface area contributed by atoms with Crippen LogP contribution in [-0.4, -0.2) is 24.1 Å². The number of hydrogen-bond donors (Lipinski definition) is 2. The van der Waals surface area contributed by atoms with Crippen LogP contribution in [0, 0.1) is 5.92 Å². The maximum Gasteiger partial charge on any atom is 0.306 e. The van der Waals surface area contributed by atoms with Gasteiger partial charge in [-0.1, -0.05) is 49.4 Å². The molecule has 0 aliphatic rings. The molecule has 0 spiro atoms. The highest BCUT2D eigenvalue weighted by atomic mass is 16.5. The second-order valence-corrected chi connectivity index (χ2v) is 7.04. The van der Waals surface area contributed by atoms with Crippen molar-refractivity contribution in [3.8, 4) is 5.75 Å². The van der Waals surface area contributed by atoms with Crippen molar-refractivity contribution >= 4 is 22.6 Å². The number of aliphatic carboxylic acids is 1. The summed E-state index contributed by atoms with van der Waals surface area (Å²) in [4.78, 5) is 24.0. The third-order valence-corrected chi connectivity index (χ3v) is 5.12. The second-order valence-electron chi connectivity index (χ2n) is 7.04. The molecule has 0 heterocycles. The van der Waals surface area contributed by atoms with Gasteiger partial charge in [-0.15, -0.1) is 0 Å². The topological polar surface area (TPSA) is 75.6 Å². The lowest BCUT2D eigenvalue weighted by atomic mass is 9.95. The van der Waals surface area contributed by atoms with Gasteiger partial charge in [-0.05, 0) is 47.4 Å². The monoisotopic (exact) mass is 391 g/mol. The second kappa shape index (κ2) is 9.24. The molecule has 1 amide bonds. The predicted molar refractivity (Wildman–Crippen MR) is 113 cm³/mol. The summed E-state index contributed by atoms with van der Waals surface area (Å²) in [6.07, 6.45) is 1.01. The summed E-state index contributed by atoms with van der Waals surface area (Å²) >= 11 is 0. The van der Waals surface area contributed by atoms with Crippen LogP contribution in [-0.2, 0) is 17.8 Å². The van der Waals surface area contributed by atoms with Gasteiger partial charge in [0.15, 0.2) is 0 Å². The molecule has 0 saturated heterocycles. The summed E-state index contributed by atoms with van der Waals surface area (Å²) in [5.41, 5.74) is 2.32. The SMILES string of the molecule is CCC(Cc1ccc(OC)c(CNC(=O)c2ccc3ccccc3c2)c1)C(=O)O. The molecular weight excluding hydrogens is 366 g/mol. The molecule has 0 aromatic heterocycles. The highest BCUT2D eigenvalue weighted by molar-refractivity contribution is 5.98. The van der Waals surface area contributed by atoms with Crippen molar-refractivity contribution in [2.24, 2.45) is 5.92 Å². The Morgan fingerprint density at radius 3 is 2.48 bits per heavy atom. The maximum atomic E-state index is 12.6. The third kappa shape index (κ3) is 4.93. The van der Waals surface area contributed by atoms with Crippen LogP contribution in [0.2, 0.25) is 0 Å². The smallest absolute Gasteiger partial charge is 0.306 e. The molecular formula is C24H25NO4. The molecule has 0 radical (unpaired) electrons. The van der Waals surface area contributed by atoms with Crippen molar-refractivity contribution in [2.75, 3.05) is 7.11 Å². The first-order valence-electron chi connectivity index (χ1n) is 9.67. The molecule has 5 nitrogen and oxygen atoms in total. The largest absolute Gasteiger partial charge is 0.496 e. The number of fused-ring (bicyclic) bond motifs is 1. The quantitative estimate of drug-likeness (QED) is 0.596. The number of nitrogens with one attached hydrogen (secondary N) is 1. The highest BCUT2D eigenvalue weighted by Gasteiger charge is 2.17. The first-order valence-corrected chi connectivity index (χ1v) is 9.67. The van der Waals surface area contributed by atoms with E-state index in [1.807, 2.05) is 67.6 Å². The van der Waals surface area contributed by atoms with E-state index in [2.05, 4.69) is 5.32 Å². The molecule has 0 saturated carbocycles. The minimum absolute atomic E-state index is 0.167. The average molecular weight is 391 g/mol. The van der Waals surface area contributed by atoms with Gasteiger partial charge < -0.3 is 15.2 Å². The summed E-state index contributed by atoms with van der Waals surface area (Å²) in [6.45, 7) is 2.17. The van der Waals surface area contributed by atoms with Crippen LogP contribution in [0.5, 0.6) is 5.75 Å². The number of hydrogen-bond acceptors (Lipinski definition) is 3. The van der Waals surface area contributed by atoms with E-state index in [9.17, 15) is 14.7 Å². The minimum Gasteiger partial charge on any atom is -0.496 e.